The summed E-state index contributed by atoms with van der Waals surface area (Å²) in [4.78, 5) is 11.9. The van der Waals surface area contributed by atoms with E-state index in [0.29, 0.717) is 0 Å². The van der Waals surface area contributed by atoms with Crippen LogP contribution in [-0.4, -0.2) is 20.1 Å². The molecule has 2 N–H and O–H groups in total. The van der Waals surface area contributed by atoms with Gasteiger partial charge in [0.2, 0.25) is 0 Å². The molecule has 0 amide bonds. The average Bonchev–Trinajstić information content (AvgIpc) is 2.82. The first-order valence-corrected chi connectivity index (χ1v) is 5.38. The molecular weight excluding hydrogens is 250 g/mol. The Morgan fingerprint density at radius 3 is 2.78 bits per heavy atom. The maximum Gasteiger partial charge on any atom is 0.157 e. The van der Waals surface area contributed by atoms with Gasteiger partial charge in [-0.3, -0.25) is 4.98 Å². The number of nitrogens with one attached hydrogen (secondary N) is 1. The Morgan fingerprint density at radius 2 is 2.06 bits per heavy atom. The fraction of sp³-hybridized carbons (Fsp3) is 0.0769. The number of hydrogen-bond donors (Lipinski definition) is 2. The van der Waals surface area contributed by atoms with Crippen LogP contribution in [0.4, 0.5) is 0 Å². The smallest absolute Gasteiger partial charge is 0.157 e. The summed E-state index contributed by atoms with van der Waals surface area (Å²) in [6.07, 6.45) is 1.74. The van der Waals surface area contributed by atoms with Gasteiger partial charge in [0.15, 0.2) is 5.82 Å². The van der Waals surface area contributed by atoms with Crippen molar-refractivity contribution in [2.24, 2.45) is 0 Å². The quantitative estimate of drug-likeness (QED) is 0.745. The number of rotatable bonds is 2. The van der Waals surface area contributed by atoms with E-state index in [4.69, 9.17) is 5.11 Å². The minimum absolute atomic E-state index is 0. The lowest BCUT2D eigenvalue weighted by Gasteiger charge is -1.93. The topological polar surface area (TPSA) is 61.8 Å². The minimum Gasteiger partial charge on any atom is -0.392 e. The van der Waals surface area contributed by atoms with Crippen LogP contribution in [0.15, 0.2) is 42.6 Å². The molecule has 4 nitrogen and oxygen atoms in total. The monoisotopic (exact) mass is 261 g/mol. The van der Waals surface area contributed by atoms with Crippen molar-refractivity contribution in [3.8, 4) is 11.5 Å². The Bertz CT molecular complexity index is 652. The van der Waals surface area contributed by atoms with Gasteiger partial charge in [0.05, 0.1) is 17.6 Å². The zero-order valence-electron chi connectivity index (χ0n) is 9.50. The summed E-state index contributed by atoms with van der Waals surface area (Å²) in [5, 5.41) is 9.07. The molecule has 92 valence electrons. The summed E-state index contributed by atoms with van der Waals surface area (Å²) in [5.41, 5.74) is 3.48. The molecule has 2 aromatic heterocycles. The number of fused-ring (bicyclic) bond motifs is 1. The predicted molar refractivity (Wildman–Crippen MR) is 72.5 cm³/mol. The fourth-order valence-corrected chi connectivity index (χ4v) is 1.78. The van der Waals surface area contributed by atoms with Crippen LogP contribution in [-0.2, 0) is 6.61 Å². The van der Waals surface area contributed by atoms with Crippen LogP contribution in [0.5, 0.6) is 0 Å². The molecule has 0 aliphatic heterocycles. The highest BCUT2D eigenvalue weighted by Crippen LogP contribution is 2.19. The highest BCUT2D eigenvalue weighted by molar-refractivity contribution is 5.85. The van der Waals surface area contributed by atoms with Crippen molar-refractivity contribution in [3.05, 3.63) is 48.2 Å². The second-order valence-corrected chi connectivity index (χ2v) is 3.81. The van der Waals surface area contributed by atoms with Crippen LogP contribution in [0.3, 0.4) is 0 Å². The number of H-pyrrole nitrogens is 1. The van der Waals surface area contributed by atoms with Gasteiger partial charge in [-0.25, -0.2) is 4.98 Å². The van der Waals surface area contributed by atoms with Gasteiger partial charge in [-0.15, -0.1) is 12.4 Å². The van der Waals surface area contributed by atoms with E-state index in [1.165, 1.54) is 0 Å². The Kier molecular flexibility index (Phi) is 3.60. The van der Waals surface area contributed by atoms with Crippen molar-refractivity contribution in [2.75, 3.05) is 0 Å². The highest BCUT2D eigenvalue weighted by atomic mass is 35.5. The number of aromatic amines is 1. The summed E-state index contributed by atoms with van der Waals surface area (Å²) in [6, 6.07) is 11.4. The molecule has 2 heterocycles. The molecule has 0 saturated carbocycles. The summed E-state index contributed by atoms with van der Waals surface area (Å²) in [6.45, 7) is 0.0356. The third-order valence-corrected chi connectivity index (χ3v) is 2.64. The molecule has 0 aliphatic rings. The number of aliphatic hydroxyl groups is 1. The number of nitrogens with zero attached hydrogens (tertiary/aromatic N) is 2. The Hall–Kier alpha value is -1.91. The molecule has 0 radical (unpaired) electrons. The molecule has 5 heteroatoms. The van der Waals surface area contributed by atoms with E-state index in [2.05, 4.69) is 15.0 Å². The number of hydrogen-bond acceptors (Lipinski definition) is 3. The van der Waals surface area contributed by atoms with Crippen molar-refractivity contribution < 1.29 is 5.11 Å². The van der Waals surface area contributed by atoms with Gasteiger partial charge in [-0.05, 0) is 29.8 Å². The van der Waals surface area contributed by atoms with Gasteiger partial charge < -0.3 is 10.1 Å². The lowest BCUT2D eigenvalue weighted by Crippen LogP contribution is -1.83. The lowest BCUT2D eigenvalue weighted by molar-refractivity contribution is 0.282. The maximum atomic E-state index is 9.07. The van der Waals surface area contributed by atoms with Gasteiger partial charge in [-0.2, -0.15) is 0 Å². The van der Waals surface area contributed by atoms with Crippen LogP contribution >= 0.6 is 12.4 Å². The maximum absolute atomic E-state index is 9.07. The first kappa shape index (κ1) is 12.5. The number of pyridine rings is 1. The van der Waals surface area contributed by atoms with Crippen LogP contribution < -0.4 is 0 Å². The molecule has 0 atom stereocenters. The van der Waals surface area contributed by atoms with Gasteiger partial charge in [0.25, 0.3) is 0 Å². The summed E-state index contributed by atoms with van der Waals surface area (Å²) in [7, 11) is 0. The SMILES string of the molecule is Cl.OCc1ccc2nc(-c3ccccn3)[nH]c2c1. The van der Waals surface area contributed by atoms with Crippen molar-refractivity contribution in [1.82, 2.24) is 15.0 Å². The summed E-state index contributed by atoms with van der Waals surface area (Å²) >= 11 is 0. The molecule has 18 heavy (non-hydrogen) atoms. The van der Waals surface area contributed by atoms with E-state index in [0.717, 1.165) is 28.1 Å². The van der Waals surface area contributed by atoms with E-state index in [9.17, 15) is 0 Å². The third-order valence-electron chi connectivity index (χ3n) is 2.64. The molecule has 3 rings (SSSR count). The molecule has 0 bridgehead atoms. The molecule has 0 unspecified atom stereocenters. The molecule has 0 saturated heterocycles. The van der Waals surface area contributed by atoms with Crippen LogP contribution in [0.1, 0.15) is 5.56 Å². The van der Waals surface area contributed by atoms with Crippen molar-refractivity contribution >= 4 is 23.4 Å². The number of aliphatic hydroxyl groups excluding tert-OH is 1. The molecule has 1 aromatic carbocycles. The van der Waals surface area contributed by atoms with Gasteiger partial charge in [-0.1, -0.05) is 12.1 Å². The lowest BCUT2D eigenvalue weighted by atomic mass is 10.2. The molecule has 0 fully saturated rings. The second-order valence-electron chi connectivity index (χ2n) is 3.81. The van der Waals surface area contributed by atoms with E-state index < -0.39 is 0 Å². The van der Waals surface area contributed by atoms with Crippen molar-refractivity contribution in [2.45, 2.75) is 6.61 Å². The molecule has 0 aliphatic carbocycles. The largest absolute Gasteiger partial charge is 0.392 e. The van der Waals surface area contributed by atoms with Crippen molar-refractivity contribution in [3.63, 3.8) is 0 Å². The first-order chi connectivity index (χ1) is 8.36. The third kappa shape index (κ3) is 2.20. The Balaban J connectivity index is 0.00000120. The van der Waals surface area contributed by atoms with Crippen LogP contribution in [0.2, 0.25) is 0 Å². The van der Waals surface area contributed by atoms with Gasteiger partial charge in [0, 0.05) is 6.20 Å². The Morgan fingerprint density at radius 1 is 1.17 bits per heavy atom. The van der Waals surface area contributed by atoms with Gasteiger partial charge in [0.1, 0.15) is 5.69 Å². The van der Waals surface area contributed by atoms with E-state index in [1.807, 2.05) is 36.4 Å². The minimum atomic E-state index is 0. The number of aromatic nitrogens is 3. The Labute approximate surface area is 110 Å². The second kappa shape index (κ2) is 5.16. The summed E-state index contributed by atoms with van der Waals surface area (Å²) in [5.74, 6) is 0.746. The van der Waals surface area contributed by atoms with Crippen LogP contribution in [0.25, 0.3) is 22.6 Å². The zero-order chi connectivity index (χ0) is 11.7. The standard InChI is InChI=1S/C13H11N3O.ClH/c17-8-9-4-5-10-12(7-9)16-13(15-10)11-3-1-2-6-14-11;/h1-7,17H,8H2,(H,15,16);1H. The average molecular weight is 262 g/mol. The number of halogens is 1. The first-order valence-electron chi connectivity index (χ1n) is 5.38. The number of imidazole rings is 1. The van der Waals surface area contributed by atoms with E-state index in [-0.39, 0.29) is 19.0 Å². The van der Waals surface area contributed by atoms with E-state index >= 15 is 0 Å². The molecule has 3 aromatic rings. The van der Waals surface area contributed by atoms with E-state index in [1.54, 1.807) is 6.20 Å². The summed E-state index contributed by atoms with van der Waals surface area (Å²) < 4.78 is 0. The predicted octanol–water partition coefficient (Wildman–Crippen LogP) is 2.54. The molecular formula is C13H12ClN3O. The zero-order valence-corrected chi connectivity index (χ0v) is 10.3. The van der Waals surface area contributed by atoms with Crippen LogP contribution in [0, 0.1) is 0 Å². The number of benzene rings is 1. The molecule has 0 spiro atoms. The van der Waals surface area contributed by atoms with Crippen molar-refractivity contribution in [1.29, 1.82) is 0 Å². The fourth-order valence-electron chi connectivity index (χ4n) is 1.78. The normalized spacial score (nSPS) is 10.3. The highest BCUT2D eigenvalue weighted by Gasteiger charge is 2.05. The van der Waals surface area contributed by atoms with Gasteiger partial charge >= 0.3 is 0 Å².